The summed E-state index contributed by atoms with van der Waals surface area (Å²) < 4.78 is 26.9. The largest absolute Gasteiger partial charge is 0.376 e. The quantitative estimate of drug-likeness (QED) is 0.769. The Labute approximate surface area is 159 Å². The first-order chi connectivity index (χ1) is 12.3. The van der Waals surface area contributed by atoms with Gasteiger partial charge in [0.25, 0.3) is 0 Å². The molecular weight excluding hydrogens is 374 g/mol. The first kappa shape index (κ1) is 18.9. The number of piperazine rings is 1. The van der Waals surface area contributed by atoms with Crippen molar-refractivity contribution >= 4 is 33.1 Å². The fourth-order valence-corrected chi connectivity index (χ4v) is 4.58. The molecule has 2 heterocycles. The van der Waals surface area contributed by atoms with E-state index in [1.54, 1.807) is 30.5 Å². The van der Waals surface area contributed by atoms with E-state index in [2.05, 4.69) is 15.1 Å². The first-order valence-corrected chi connectivity index (χ1v) is 10.3. The predicted octanol–water partition coefficient (Wildman–Crippen LogP) is 1.85. The van der Waals surface area contributed by atoms with E-state index >= 15 is 0 Å². The van der Waals surface area contributed by atoms with E-state index in [1.165, 1.54) is 4.31 Å². The minimum absolute atomic E-state index is 0.0382. The predicted molar refractivity (Wildman–Crippen MR) is 104 cm³/mol. The Morgan fingerprint density at radius 1 is 1.15 bits per heavy atom. The summed E-state index contributed by atoms with van der Waals surface area (Å²) in [6.45, 7) is 2.02. The van der Waals surface area contributed by atoms with E-state index in [0.29, 0.717) is 36.8 Å². The Bertz CT molecular complexity index is 867. The van der Waals surface area contributed by atoms with Crippen LogP contribution in [0.25, 0.3) is 0 Å². The highest BCUT2D eigenvalue weighted by atomic mass is 35.5. The average molecular weight is 396 g/mol. The normalized spacial score (nSPS) is 15.9. The van der Waals surface area contributed by atoms with E-state index in [1.807, 2.05) is 25.1 Å². The maximum absolute atomic E-state index is 12.7. The van der Waals surface area contributed by atoms with E-state index in [0.717, 1.165) is 11.5 Å². The molecule has 1 aromatic carbocycles. The SMILES string of the molecule is CN(C)c1cnnc(N2CCN(S(=O)(=O)Cc3cccc(Cl)c3)CC2)c1. The molecule has 26 heavy (non-hydrogen) atoms. The summed E-state index contributed by atoms with van der Waals surface area (Å²) in [6, 6.07) is 8.93. The van der Waals surface area contributed by atoms with Crippen LogP contribution >= 0.6 is 11.6 Å². The molecule has 2 aromatic rings. The van der Waals surface area contributed by atoms with Gasteiger partial charge in [-0.3, -0.25) is 0 Å². The van der Waals surface area contributed by atoms with Crippen LogP contribution in [0, 0.1) is 0 Å². The van der Waals surface area contributed by atoms with Crippen LogP contribution in [0.5, 0.6) is 0 Å². The van der Waals surface area contributed by atoms with Crippen molar-refractivity contribution in [3.63, 3.8) is 0 Å². The van der Waals surface area contributed by atoms with Gasteiger partial charge in [-0.2, -0.15) is 9.40 Å². The summed E-state index contributed by atoms with van der Waals surface area (Å²) in [5.74, 6) is 0.729. The zero-order valence-corrected chi connectivity index (χ0v) is 16.4. The molecule has 1 saturated heterocycles. The van der Waals surface area contributed by atoms with Crippen LogP contribution < -0.4 is 9.80 Å². The Kier molecular flexibility index (Phi) is 5.64. The van der Waals surface area contributed by atoms with Gasteiger partial charge in [0.1, 0.15) is 0 Å². The molecule has 0 aliphatic carbocycles. The number of rotatable bonds is 5. The van der Waals surface area contributed by atoms with E-state index < -0.39 is 10.0 Å². The minimum atomic E-state index is -3.38. The molecule has 0 amide bonds. The van der Waals surface area contributed by atoms with Crippen LogP contribution in [0.2, 0.25) is 5.02 Å². The van der Waals surface area contributed by atoms with Gasteiger partial charge < -0.3 is 9.80 Å². The van der Waals surface area contributed by atoms with Crippen molar-refractivity contribution in [2.24, 2.45) is 0 Å². The zero-order valence-electron chi connectivity index (χ0n) is 14.8. The molecule has 1 fully saturated rings. The van der Waals surface area contributed by atoms with Crippen molar-refractivity contribution < 1.29 is 8.42 Å². The summed E-state index contributed by atoms with van der Waals surface area (Å²) in [6.07, 6.45) is 1.70. The maximum atomic E-state index is 12.7. The fraction of sp³-hybridized carbons (Fsp3) is 0.412. The third-order valence-electron chi connectivity index (χ3n) is 4.34. The lowest BCUT2D eigenvalue weighted by atomic mass is 10.2. The lowest BCUT2D eigenvalue weighted by molar-refractivity contribution is 0.383. The molecule has 0 N–H and O–H groups in total. The van der Waals surface area contributed by atoms with E-state index in [4.69, 9.17) is 11.6 Å². The van der Waals surface area contributed by atoms with E-state index in [9.17, 15) is 8.42 Å². The third kappa shape index (κ3) is 4.44. The van der Waals surface area contributed by atoms with Crippen LogP contribution in [-0.2, 0) is 15.8 Å². The summed E-state index contributed by atoms with van der Waals surface area (Å²) in [5.41, 5.74) is 1.66. The lowest BCUT2D eigenvalue weighted by Gasteiger charge is -2.34. The maximum Gasteiger partial charge on any atom is 0.218 e. The highest BCUT2D eigenvalue weighted by Gasteiger charge is 2.28. The second-order valence-corrected chi connectivity index (χ2v) is 8.84. The van der Waals surface area contributed by atoms with Gasteiger partial charge in [0.15, 0.2) is 5.82 Å². The van der Waals surface area contributed by atoms with E-state index in [-0.39, 0.29) is 5.75 Å². The number of halogens is 1. The fourth-order valence-electron chi connectivity index (χ4n) is 2.87. The van der Waals surface area contributed by atoms with Crippen molar-refractivity contribution in [3.05, 3.63) is 47.1 Å². The molecule has 7 nitrogen and oxygen atoms in total. The van der Waals surface area contributed by atoms with Crippen molar-refractivity contribution in [1.82, 2.24) is 14.5 Å². The van der Waals surface area contributed by atoms with Gasteiger partial charge in [-0.15, -0.1) is 5.10 Å². The van der Waals surface area contributed by atoms with Crippen molar-refractivity contribution in [2.45, 2.75) is 5.75 Å². The smallest absolute Gasteiger partial charge is 0.218 e. The molecule has 0 radical (unpaired) electrons. The number of aromatic nitrogens is 2. The monoisotopic (exact) mass is 395 g/mol. The Morgan fingerprint density at radius 2 is 1.88 bits per heavy atom. The molecule has 1 aliphatic rings. The Morgan fingerprint density at radius 3 is 2.54 bits per heavy atom. The molecule has 3 rings (SSSR count). The van der Waals surface area contributed by atoms with Crippen molar-refractivity contribution in [1.29, 1.82) is 0 Å². The van der Waals surface area contributed by atoms with Gasteiger partial charge in [-0.05, 0) is 17.7 Å². The Balaban J connectivity index is 1.65. The molecule has 0 spiro atoms. The first-order valence-electron chi connectivity index (χ1n) is 8.32. The number of hydrogen-bond donors (Lipinski definition) is 0. The van der Waals surface area contributed by atoms with Gasteiger partial charge >= 0.3 is 0 Å². The molecule has 0 saturated carbocycles. The molecule has 0 bridgehead atoms. The molecular formula is C17H22ClN5O2S. The molecule has 9 heteroatoms. The number of anilines is 2. The van der Waals surface area contributed by atoms with Crippen LogP contribution in [0.1, 0.15) is 5.56 Å². The number of nitrogens with zero attached hydrogens (tertiary/aromatic N) is 5. The number of sulfonamides is 1. The summed E-state index contributed by atoms with van der Waals surface area (Å²) in [4.78, 5) is 4.02. The molecule has 0 atom stereocenters. The van der Waals surface area contributed by atoms with Crippen molar-refractivity contribution in [2.75, 3.05) is 50.1 Å². The van der Waals surface area contributed by atoms with Crippen LogP contribution in [0.3, 0.4) is 0 Å². The minimum Gasteiger partial charge on any atom is -0.376 e. The van der Waals surface area contributed by atoms with Gasteiger partial charge in [0.05, 0.1) is 17.6 Å². The summed E-state index contributed by atoms with van der Waals surface area (Å²) >= 11 is 5.95. The lowest BCUT2D eigenvalue weighted by Crippen LogP contribution is -2.49. The van der Waals surface area contributed by atoms with Crippen LogP contribution in [0.15, 0.2) is 36.5 Å². The Hall–Kier alpha value is -1.90. The van der Waals surface area contributed by atoms with Gasteiger partial charge in [0.2, 0.25) is 10.0 Å². The van der Waals surface area contributed by atoms with Crippen LogP contribution in [-0.4, -0.2) is 63.2 Å². The average Bonchev–Trinajstić information content (AvgIpc) is 2.61. The molecule has 1 aliphatic heterocycles. The highest BCUT2D eigenvalue weighted by Crippen LogP contribution is 2.21. The topological polar surface area (TPSA) is 69.6 Å². The summed E-state index contributed by atoms with van der Waals surface area (Å²) in [7, 11) is 0.515. The summed E-state index contributed by atoms with van der Waals surface area (Å²) in [5, 5.41) is 8.76. The number of hydrogen-bond acceptors (Lipinski definition) is 6. The highest BCUT2D eigenvalue weighted by molar-refractivity contribution is 7.88. The van der Waals surface area contributed by atoms with Gasteiger partial charge in [0, 0.05) is 51.4 Å². The van der Waals surface area contributed by atoms with Gasteiger partial charge in [-0.25, -0.2) is 8.42 Å². The molecule has 0 unspecified atom stereocenters. The van der Waals surface area contributed by atoms with Crippen molar-refractivity contribution in [3.8, 4) is 0 Å². The molecule has 1 aromatic heterocycles. The number of benzene rings is 1. The third-order valence-corrected chi connectivity index (χ3v) is 6.42. The van der Waals surface area contributed by atoms with Crippen LogP contribution in [0.4, 0.5) is 11.5 Å². The second kappa shape index (κ2) is 7.77. The molecule has 140 valence electrons. The zero-order chi connectivity index (χ0) is 18.7. The van der Waals surface area contributed by atoms with Gasteiger partial charge in [-0.1, -0.05) is 23.7 Å². The second-order valence-electron chi connectivity index (χ2n) is 6.44. The standard InChI is InChI=1S/C17H22ClN5O2S/c1-21(2)16-11-17(20-19-12-16)22-6-8-23(9-7-22)26(24,25)13-14-4-3-5-15(18)10-14/h3-5,10-12H,6-9,13H2,1-2H3.